The van der Waals surface area contributed by atoms with Crippen molar-refractivity contribution in [3.8, 4) is 6.07 Å². The smallest absolute Gasteiger partial charge is 0.236 e. The predicted molar refractivity (Wildman–Crippen MR) is 71.6 cm³/mol. The topological polar surface area (TPSA) is 78.9 Å². The first-order valence-electron chi connectivity index (χ1n) is 6.89. The SMILES string of the molecule is CC(C)(C#N)CNC(=O)C(N)CC1CCCCC1. The van der Waals surface area contributed by atoms with Crippen LogP contribution in [0, 0.1) is 22.7 Å². The normalized spacial score (nSPS) is 19.0. The second-order valence-corrected chi connectivity index (χ2v) is 6.06. The third-order valence-electron chi connectivity index (χ3n) is 3.66. The molecule has 1 amide bonds. The van der Waals surface area contributed by atoms with Crippen LogP contribution in [0.4, 0.5) is 0 Å². The summed E-state index contributed by atoms with van der Waals surface area (Å²) in [4.78, 5) is 11.8. The highest BCUT2D eigenvalue weighted by Crippen LogP contribution is 2.26. The van der Waals surface area contributed by atoms with E-state index in [0.29, 0.717) is 12.5 Å². The van der Waals surface area contributed by atoms with Gasteiger partial charge < -0.3 is 11.1 Å². The largest absolute Gasteiger partial charge is 0.353 e. The summed E-state index contributed by atoms with van der Waals surface area (Å²) in [6.45, 7) is 3.97. The Morgan fingerprint density at radius 1 is 1.44 bits per heavy atom. The molecule has 4 heteroatoms. The molecule has 102 valence electrons. The molecule has 0 aromatic heterocycles. The van der Waals surface area contributed by atoms with E-state index in [2.05, 4.69) is 11.4 Å². The second kappa shape index (κ2) is 6.75. The monoisotopic (exact) mass is 251 g/mol. The van der Waals surface area contributed by atoms with E-state index in [4.69, 9.17) is 11.0 Å². The molecule has 1 aliphatic carbocycles. The van der Waals surface area contributed by atoms with Crippen LogP contribution in [0.1, 0.15) is 52.4 Å². The average molecular weight is 251 g/mol. The first-order valence-corrected chi connectivity index (χ1v) is 6.89. The van der Waals surface area contributed by atoms with Crippen LogP contribution in [0.25, 0.3) is 0 Å². The van der Waals surface area contributed by atoms with Crippen molar-refractivity contribution >= 4 is 5.91 Å². The van der Waals surface area contributed by atoms with Crippen LogP contribution in [-0.2, 0) is 4.79 Å². The molecule has 0 aromatic carbocycles. The molecule has 0 bridgehead atoms. The van der Waals surface area contributed by atoms with Crippen molar-refractivity contribution in [1.29, 1.82) is 5.26 Å². The van der Waals surface area contributed by atoms with Gasteiger partial charge in [-0.05, 0) is 26.2 Å². The number of hydrogen-bond donors (Lipinski definition) is 2. The maximum absolute atomic E-state index is 11.8. The molecule has 1 rings (SSSR count). The lowest BCUT2D eigenvalue weighted by Crippen LogP contribution is -2.44. The van der Waals surface area contributed by atoms with E-state index in [-0.39, 0.29) is 5.91 Å². The minimum absolute atomic E-state index is 0.121. The molecule has 1 unspecified atom stereocenters. The molecule has 0 saturated heterocycles. The van der Waals surface area contributed by atoms with Gasteiger partial charge in [0.05, 0.1) is 17.5 Å². The van der Waals surface area contributed by atoms with Gasteiger partial charge in [-0.1, -0.05) is 32.1 Å². The van der Waals surface area contributed by atoms with Crippen LogP contribution in [0.15, 0.2) is 0 Å². The zero-order valence-corrected chi connectivity index (χ0v) is 11.5. The van der Waals surface area contributed by atoms with Gasteiger partial charge in [0.1, 0.15) is 0 Å². The maximum atomic E-state index is 11.8. The van der Waals surface area contributed by atoms with Crippen LogP contribution in [0.3, 0.4) is 0 Å². The van der Waals surface area contributed by atoms with E-state index in [1.807, 2.05) is 0 Å². The summed E-state index contributed by atoms with van der Waals surface area (Å²) in [6, 6.07) is 1.73. The fraction of sp³-hybridized carbons (Fsp3) is 0.857. The van der Waals surface area contributed by atoms with Gasteiger partial charge in [0, 0.05) is 6.54 Å². The number of rotatable bonds is 5. The van der Waals surface area contributed by atoms with Crippen molar-refractivity contribution in [2.45, 2.75) is 58.4 Å². The van der Waals surface area contributed by atoms with Gasteiger partial charge in [-0.25, -0.2) is 0 Å². The number of nitriles is 1. The van der Waals surface area contributed by atoms with Gasteiger partial charge in [0.15, 0.2) is 0 Å². The Morgan fingerprint density at radius 3 is 2.61 bits per heavy atom. The van der Waals surface area contributed by atoms with Gasteiger partial charge >= 0.3 is 0 Å². The molecule has 0 radical (unpaired) electrons. The average Bonchev–Trinajstić information content (AvgIpc) is 2.37. The number of nitrogens with one attached hydrogen (secondary N) is 1. The van der Waals surface area contributed by atoms with Crippen LogP contribution in [0.5, 0.6) is 0 Å². The number of hydrogen-bond acceptors (Lipinski definition) is 3. The molecular weight excluding hydrogens is 226 g/mol. The molecule has 1 aliphatic rings. The molecule has 3 N–H and O–H groups in total. The molecule has 1 atom stereocenters. The third kappa shape index (κ3) is 5.05. The highest BCUT2D eigenvalue weighted by atomic mass is 16.2. The lowest BCUT2D eigenvalue weighted by atomic mass is 9.85. The Bertz CT molecular complexity index is 313. The third-order valence-corrected chi connectivity index (χ3v) is 3.66. The quantitative estimate of drug-likeness (QED) is 0.783. The molecule has 0 spiro atoms. The van der Waals surface area contributed by atoms with Gasteiger partial charge in [-0.15, -0.1) is 0 Å². The lowest BCUT2D eigenvalue weighted by Gasteiger charge is -2.24. The molecular formula is C14H25N3O. The number of carbonyl (C=O) groups is 1. The molecule has 1 fully saturated rings. The summed E-state index contributed by atoms with van der Waals surface area (Å²) >= 11 is 0. The van der Waals surface area contributed by atoms with Gasteiger partial charge in [-0.3, -0.25) is 4.79 Å². The Hall–Kier alpha value is -1.08. The fourth-order valence-corrected chi connectivity index (χ4v) is 2.37. The second-order valence-electron chi connectivity index (χ2n) is 6.06. The van der Waals surface area contributed by atoms with Crippen molar-refractivity contribution in [3.63, 3.8) is 0 Å². The first-order chi connectivity index (χ1) is 8.44. The van der Waals surface area contributed by atoms with Crippen LogP contribution >= 0.6 is 0 Å². The highest BCUT2D eigenvalue weighted by Gasteiger charge is 2.23. The number of amides is 1. The minimum Gasteiger partial charge on any atom is -0.353 e. The summed E-state index contributed by atoms with van der Waals surface area (Å²) in [5.74, 6) is 0.479. The predicted octanol–water partition coefficient (Wildman–Crippen LogP) is 1.95. The molecule has 4 nitrogen and oxygen atoms in total. The Kier molecular flexibility index (Phi) is 5.61. The summed E-state index contributed by atoms with van der Waals surface area (Å²) in [6.07, 6.45) is 7.02. The number of nitrogens with zero attached hydrogens (tertiary/aromatic N) is 1. The lowest BCUT2D eigenvalue weighted by molar-refractivity contribution is -0.123. The van der Waals surface area contributed by atoms with Gasteiger partial charge in [0.25, 0.3) is 0 Å². The summed E-state index contributed by atoms with van der Waals surface area (Å²) in [5, 5.41) is 11.7. The van der Waals surface area contributed by atoms with Crippen LogP contribution in [-0.4, -0.2) is 18.5 Å². The minimum atomic E-state index is -0.528. The van der Waals surface area contributed by atoms with Crippen molar-refractivity contribution in [1.82, 2.24) is 5.32 Å². The zero-order chi connectivity index (χ0) is 13.6. The van der Waals surface area contributed by atoms with Gasteiger partial charge in [-0.2, -0.15) is 5.26 Å². The van der Waals surface area contributed by atoms with Crippen molar-refractivity contribution < 1.29 is 4.79 Å². The standard InChI is InChI=1S/C14H25N3O/c1-14(2,9-15)10-17-13(18)12(16)8-11-6-4-3-5-7-11/h11-12H,3-8,10,16H2,1-2H3,(H,17,18). The van der Waals surface area contributed by atoms with Crippen molar-refractivity contribution in [2.75, 3.05) is 6.54 Å². The van der Waals surface area contributed by atoms with Crippen molar-refractivity contribution in [3.05, 3.63) is 0 Å². The number of carbonyl (C=O) groups excluding carboxylic acids is 1. The molecule has 0 aromatic rings. The summed E-state index contributed by atoms with van der Waals surface area (Å²) < 4.78 is 0. The summed E-state index contributed by atoms with van der Waals surface area (Å²) in [5.41, 5.74) is 5.40. The Labute approximate surface area is 110 Å². The number of nitrogens with two attached hydrogens (primary N) is 1. The highest BCUT2D eigenvalue weighted by molar-refractivity contribution is 5.81. The Balaban J connectivity index is 2.30. The van der Waals surface area contributed by atoms with Crippen LogP contribution < -0.4 is 11.1 Å². The van der Waals surface area contributed by atoms with E-state index in [0.717, 1.165) is 6.42 Å². The molecule has 1 saturated carbocycles. The summed E-state index contributed by atoms with van der Waals surface area (Å²) in [7, 11) is 0. The van der Waals surface area contributed by atoms with Crippen LogP contribution in [0.2, 0.25) is 0 Å². The van der Waals surface area contributed by atoms with Gasteiger partial charge in [0.2, 0.25) is 5.91 Å². The molecule has 0 heterocycles. The van der Waals surface area contributed by atoms with E-state index in [1.54, 1.807) is 13.8 Å². The zero-order valence-electron chi connectivity index (χ0n) is 11.5. The van der Waals surface area contributed by atoms with Crippen molar-refractivity contribution in [2.24, 2.45) is 17.1 Å². The van der Waals surface area contributed by atoms with E-state index < -0.39 is 11.5 Å². The fourth-order valence-electron chi connectivity index (χ4n) is 2.37. The Morgan fingerprint density at radius 2 is 2.06 bits per heavy atom. The molecule has 18 heavy (non-hydrogen) atoms. The maximum Gasteiger partial charge on any atom is 0.236 e. The van der Waals surface area contributed by atoms with E-state index >= 15 is 0 Å². The first kappa shape index (κ1) is 15.0. The molecule has 0 aliphatic heterocycles. The van der Waals surface area contributed by atoms with E-state index in [9.17, 15) is 4.79 Å². The van der Waals surface area contributed by atoms with E-state index in [1.165, 1.54) is 32.1 Å².